The van der Waals surface area contributed by atoms with Gasteiger partial charge in [0.15, 0.2) is 0 Å². The minimum Gasteiger partial charge on any atom is -0.361 e. The van der Waals surface area contributed by atoms with Crippen LogP contribution in [-0.2, 0) is 0 Å². The maximum absolute atomic E-state index is 10.8. The van der Waals surface area contributed by atoms with Crippen molar-refractivity contribution in [2.75, 3.05) is 0 Å². The summed E-state index contributed by atoms with van der Waals surface area (Å²) in [5.74, 6) is -0.837. The lowest BCUT2D eigenvalue weighted by molar-refractivity contribution is 0.0958. The summed E-state index contributed by atoms with van der Waals surface area (Å²) in [4.78, 5) is 14.5. The van der Waals surface area contributed by atoms with Gasteiger partial charge in [-0.25, -0.2) is 0 Å². The van der Waals surface area contributed by atoms with E-state index in [0.29, 0.717) is 15.6 Å². The Morgan fingerprint density at radius 3 is 2.38 bits per heavy atom. The zero-order chi connectivity index (χ0) is 11.7. The van der Waals surface area contributed by atoms with Crippen molar-refractivity contribution in [3.63, 3.8) is 0 Å². The summed E-state index contributed by atoms with van der Waals surface area (Å²) in [5.41, 5.74) is 5.53. The van der Waals surface area contributed by atoms with Crippen LogP contribution in [-0.4, -0.2) is 16.0 Å². The topological polar surface area (TPSA) is 82.0 Å². The van der Waals surface area contributed by atoms with E-state index < -0.39 is 5.91 Å². The van der Waals surface area contributed by atoms with Gasteiger partial charge in [-0.15, -0.1) is 0 Å². The predicted octanol–water partition coefficient (Wildman–Crippen LogP) is 2.14. The van der Waals surface area contributed by atoms with E-state index in [4.69, 9.17) is 28.9 Å². The number of halogens is 2. The molecule has 2 rings (SSSR count). The SMILES string of the molecule is NC(=O)c1nc(-c2cc(Cl)cc(Cl)c2)no1. The van der Waals surface area contributed by atoms with Crippen molar-refractivity contribution < 1.29 is 9.32 Å². The number of carbonyl (C=O) groups excluding carboxylic acids is 1. The summed E-state index contributed by atoms with van der Waals surface area (Å²) in [6, 6.07) is 4.77. The van der Waals surface area contributed by atoms with Crippen molar-refractivity contribution in [3.05, 3.63) is 34.1 Å². The van der Waals surface area contributed by atoms with Gasteiger partial charge in [0, 0.05) is 15.6 Å². The molecule has 82 valence electrons. The van der Waals surface area contributed by atoms with Crippen LogP contribution in [0.5, 0.6) is 0 Å². The Morgan fingerprint density at radius 1 is 1.25 bits per heavy atom. The Bertz CT molecular complexity index is 533. The number of primary amides is 1. The molecule has 0 saturated carbocycles. The lowest BCUT2D eigenvalue weighted by Gasteiger charge is -1.96. The van der Waals surface area contributed by atoms with Crippen LogP contribution in [0.15, 0.2) is 22.7 Å². The second kappa shape index (κ2) is 4.11. The number of nitrogens with zero attached hydrogens (tertiary/aromatic N) is 2. The van der Waals surface area contributed by atoms with Crippen LogP contribution in [0.25, 0.3) is 11.4 Å². The van der Waals surface area contributed by atoms with E-state index >= 15 is 0 Å². The fourth-order valence-electron chi connectivity index (χ4n) is 1.12. The molecular weight excluding hydrogens is 253 g/mol. The van der Waals surface area contributed by atoms with Crippen molar-refractivity contribution in [3.8, 4) is 11.4 Å². The number of benzene rings is 1. The van der Waals surface area contributed by atoms with Gasteiger partial charge in [0.1, 0.15) is 0 Å². The molecule has 0 aliphatic carbocycles. The third kappa shape index (κ3) is 2.15. The number of amides is 1. The number of hydrogen-bond acceptors (Lipinski definition) is 4. The quantitative estimate of drug-likeness (QED) is 0.894. The molecular formula is C9H5Cl2N3O2. The zero-order valence-corrected chi connectivity index (χ0v) is 9.29. The van der Waals surface area contributed by atoms with Crippen LogP contribution in [0, 0.1) is 0 Å². The normalized spacial score (nSPS) is 10.4. The smallest absolute Gasteiger partial charge is 0.316 e. The van der Waals surface area contributed by atoms with Gasteiger partial charge in [0.25, 0.3) is 0 Å². The molecule has 7 heteroatoms. The second-order valence-electron chi connectivity index (χ2n) is 2.95. The van der Waals surface area contributed by atoms with Gasteiger partial charge in [-0.2, -0.15) is 4.98 Å². The predicted molar refractivity (Wildman–Crippen MR) is 58.3 cm³/mol. The zero-order valence-electron chi connectivity index (χ0n) is 7.78. The standard InChI is InChI=1S/C9H5Cl2N3O2/c10-5-1-4(2-6(11)3-5)8-13-9(7(12)15)16-14-8/h1-3H,(H2,12,15). The Labute approximate surface area is 100 Å². The molecule has 0 aliphatic rings. The third-order valence-electron chi connectivity index (χ3n) is 1.76. The molecule has 2 aromatic rings. The molecule has 0 spiro atoms. The maximum atomic E-state index is 10.8. The maximum Gasteiger partial charge on any atom is 0.316 e. The van der Waals surface area contributed by atoms with Gasteiger partial charge in [0.05, 0.1) is 0 Å². The Hall–Kier alpha value is -1.59. The highest BCUT2D eigenvalue weighted by Gasteiger charge is 2.13. The van der Waals surface area contributed by atoms with E-state index in [-0.39, 0.29) is 11.7 Å². The van der Waals surface area contributed by atoms with E-state index in [2.05, 4.69) is 14.7 Å². The molecule has 16 heavy (non-hydrogen) atoms. The summed E-state index contributed by atoms with van der Waals surface area (Å²) < 4.78 is 4.64. The molecule has 2 N–H and O–H groups in total. The van der Waals surface area contributed by atoms with E-state index in [0.717, 1.165) is 0 Å². The molecule has 0 saturated heterocycles. The van der Waals surface area contributed by atoms with Crippen LogP contribution in [0.3, 0.4) is 0 Å². The first-order valence-electron chi connectivity index (χ1n) is 4.16. The van der Waals surface area contributed by atoms with Gasteiger partial charge in [0.2, 0.25) is 5.82 Å². The molecule has 1 amide bonds. The van der Waals surface area contributed by atoms with Gasteiger partial charge in [-0.3, -0.25) is 4.79 Å². The first-order valence-corrected chi connectivity index (χ1v) is 4.92. The second-order valence-corrected chi connectivity index (χ2v) is 3.82. The number of rotatable bonds is 2. The monoisotopic (exact) mass is 257 g/mol. The van der Waals surface area contributed by atoms with Gasteiger partial charge < -0.3 is 10.3 Å². The van der Waals surface area contributed by atoms with Gasteiger partial charge in [-0.05, 0) is 18.2 Å². The molecule has 1 aromatic heterocycles. The molecule has 1 aromatic carbocycles. The average Bonchev–Trinajstić information content (AvgIpc) is 2.64. The van der Waals surface area contributed by atoms with Crippen molar-refractivity contribution in [2.45, 2.75) is 0 Å². The number of nitrogens with two attached hydrogens (primary N) is 1. The van der Waals surface area contributed by atoms with Crippen molar-refractivity contribution in [1.29, 1.82) is 0 Å². The highest BCUT2D eigenvalue weighted by Crippen LogP contribution is 2.25. The highest BCUT2D eigenvalue weighted by molar-refractivity contribution is 6.35. The Balaban J connectivity index is 2.46. The van der Waals surface area contributed by atoms with Crippen LogP contribution in [0.2, 0.25) is 10.0 Å². The van der Waals surface area contributed by atoms with E-state index in [1.54, 1.807) is 18.2 Å². The van der Waals surface area contributed by atoms with E-state index in [1.165, 1.54) is 0 Å². The minimum absolute atomic E-state index is 0.207. The molecule has 0 unspecified atom stereocenters. The summed E-state index contributed by atoms with van der Waals surface area (Å²) in [5, 5.41) is 4.46. The minimum atomic E-state index is -0.785. The first kappa shape index (κ1) is 10.9. The molecule has 0 aliphatic heterocycles. The highest BCUT2D eigenvalue weighted by atomic mass is 35.5. The van der Waals surface area contributed by atoms with Crippen LogP contribution in [0.4, 0.5) is 0 Å². The summed E-state index contributed by atoms with van der Waals surface area (Å²) in [6.45, 7) is 0. The first-order chi connectivity index (χ1) is 7.56. The molecule has 0 fully saturated rings. The van der Waals surface area contributed by atoms with Crippen molar-refractivity contribution in [2.24, 2.45) is 5.73 Å². The Morgan fingerprint density at radius 2 is 1.88 bits per heavy atom. The summed E-state index contributed by atoms with van der Waals surface area (Å²) >= 11 is 11.6. The largest absolute Gasteiger partial charge is 0.361 e. The van der Waals surface area contributed by atoms with E-state index in [9.17, 15) is 4.79 Å². The number of hydrogen-bond donors (Lipinski definition) is 1. The third-order valence-corrected chi connectivity index (χ3v) is 2.19. The van der Waals surface area contributed by atoms with E-state index in [1.807, 2.05) is 0 Å². The van der Waals surface area contributed by atoms with Gasteiger partial charge >= 0.3 is 11.8 Å². The number of aromatic nitrogens is 2. The van der Waals surface area contributed by atoms with Gasteiger partial charge in [-0.1, -0.05) is 28.4 Å². The van der Waals surface area contributed by atoms with Crippen molar-refractivity contribution in [1.82, 2.24) is 10.1 Å². The van der Waals surface area contributed by atoms with Crippen LogP contribution >= 0.6 is 23.2 Å². The lowest BCUT2D eigenvalue weighted by Crippen LogP contribution is -2.10. The molecule has 5 nitrogen and oxygen atoms in total. The lowest BCUT2D eigenvalue weighted by atomic mass is 10.2. The molecule has 0 bridgehead atoms. The fourth-order valence-corrected chi connectivity index (χ4v) is 1.65. The fraction of sp³-hybridized carbons (Fsp3) is 0. The van der Waals surface area contributed by atoms with Crippen LogP contribution < -0.4 is 5.73 Å². The Kier molecular flexibility index (Phi) is 2.80. The molecule has 0 atom stereocenters. The van der Waals surface area contributed by atoms with Crippen molar-refractivity contribution >= 4 is 29.1 Å². The van der Waals surface area contributed by atoms with Crippen LogP contribution in [0.1, 0.15) is 10.7 Å². The summed E-state index contributed by atoms with van der Waals surface area (Å²) in [7, 11) is 0. The molecule has 0 radical (unpaired) electrons. The number of carbonyl (C=O) groups is 1. The summed E-state index contributed by atoms with van der Waals surface area (Å²) in [6.07, 6.45) is 0. The average molecular weight is 258 g/mol. The molecule has 1 heterocycles.